The Morgan fingerprint density at radius 3 is 2.35 bits per heavy atom. The minimum absolute atomic E-state index is 0.0665. The molecule has 0 bridgehead atoms. The fourth-order valence-corrected chi connectivity index (χ4v) is 2.88. The molecule has 0 atom stereocenters. The van der Waals surface area contributed by atoms with E-state index in [1.54, 1.807) is 4.57 Å². The van der Waals surface area contributed by atoms with Gasteiger partial charge in [-0.15, -0.1) is 0 Å². The first-order valence-corrected chi connectivity index (χ1v) is 7.05. The Hall–Kier alpha value is -2.35. The first-order valence-electron chi connectivity index (χ1n) is 7.05. The molecule has 0 amide bonds. The Morgan fingerprint density at radius 2 is 1.60 bits per heavy atom. The van der Waals surface area contributed by atoms with Crippen LogP contribution >= 0.6 is 0 Å². The van der Waals surface area contributed by atoms with E-state index in [1.807, 2.05) is 54.6 Å². The second kappa shape index (κ2) is 4.34. The van der Waals surface area contributed by atoms with Gasteiger partial charge in [0.05, 0.1) is 5.52 Å². The van der Waals surface area contributed by atoms with Gasteiger partial charge < -0.3 is 0 Å². The van der Waals surface area contributed by atoms with Crippen molar-refractivity contribution in [3.8, 4) is 5.69 Å². The molecule has 1 fully saturated rings. The second-order valence-electron chi connectivity index (χ2n) is 5.40. The van der Waals surface area contributed by atoms with Crippen molar-refractivity contribution in [1.82, 2.24) is 4.57 Å². The Bertz CT molecular complexity index is 829. The van der Waals surface area contributed by atoms with Gasteiger partial charge in [-0.3, -0.25) is 9.36 Å². The molecule has 1 heterocycles. The molecular formula is C18H15NO. The van der Waals surface area contributed by atoms with Crippen LogP contribution in [-0.4, -0.2) is 4.57 Å². The molecule has 0 radical (unpaired) electrons. The third kappa shape index (κ3) is 1.76. The number of rotatable bonds is 2. The van der Waals surface area contributed by atoms with Gasteiger partial charge in [0.2, 0.25) is 0 Å². The SMILES string of the molecule is O=c1cc(C2CC2)c2ccccc2n1-c1ccccc1. The number of nitrogens with zero attached hydrogens (tertiary/aromatic N) is 1. The average Bonchev–Trinajstić information content (AvgIpc) is 3.32. The van der Waals surface area contributed by atoms with E-state index in [9.17, 15) is 4.79 Å². The van der Waals surface area contributed by atoms with Gasteiger partial charge in [0.25, 0.3) is 5.56 Å². The molecule has 98 valence electrons. The van der Waals surface area contributed by atoms with Crippen LogP contribution in [0.4, 0.5) is 0 Å². The van der Waals surface area contributed by atoms with E-state index >= 15 is 0 Å². The largest absolute Gasteiger partial charge is 0.277 e. The van der Waals surface area contributed by atoms with Gasteiger partial charge in [-0.05, 0) is 42.5 Å². The summed E-state index contributed by atoms with van der Waals surface area (Å²) < 4.78 is 1.81. The zero-order valence-corrected chi connectivity index (χ0v) is 11.1. The molecule has 1 saturated carbocycles. The number of benzene rings is 2. The fourth-order valence-electron chi connectivity index (χ4n) is 2.88. The Morgan fingerprint density at radius 1 is 0.900 bits per heavy atom. The standard InChI is InChI=1S/C18H15NO/c20-18-12-16(13-10-11-13)15-8-4-5-9-17(15)19(18)14-6-2-1-3-7-14/h1-9,12-13H,10-11H2. The predicted octanol–water partition coefficient (Wildman–Crippen LogP) is 3.87. The zero-order valence-electron chi connectivity index (χ0n) is 11.1. The number of aromatic nitrogens is 1. The predicted molar refractivity (Wildman–Crippen MR) is 81.5 cm³/mol. The topological polar surface area (TPSA) is 22.0 Å². The van der Waals surface area contributed by atoms with Crippen LogP contribution in [0.2, 0.25) is 0 Å². The Balaban J connectivity index is 2.09. The molecule has 2 nitrogen and oxygen atoms in total. The lowest BCUT2D eigenvalue weighted by Crippen LogP contribution is -2.18. The summed E-state index contributed by atoms with van der Waals surface area (Å²) in [4.78, 5) is 12.5. The van der Waals surface area contributed by atoms with E-state index in [0.717, 1.165) is 11.2 Å². The molecule has 0 aliphatic heterocycles. The summed E-state index contributed by atoms with van der Waals surface area (Å²) in [6.07, 6.45) is 2.41. The molecule has 1 aliphatic carbocycles. The van der Waals surface area contributed by atoms with E-state index in [2.05, 4.69) is 6.07 Å². The van der Waals surface area contributed by atoms with Gasteiger partial charge in [-0.25, -0.2) is 0 Å². The maximum absolute atomic E-state index is 12.5. The molecule has 2 heteroatoms. The fraction of sp³-hybridized carbons (Fsp3) is 0.167. The van der Waals surface area contributed by atoms with Crippen molar-refractivity contribution in [2.24, 2.45) is 0 Å². The molecule has 3 aromatic rings. The van der Waals surface area contributed by atoms with Crippen molar-refractivity contribution in [3.05, 3.63) is 76.6 Å². The molecule has 0 N–H and O–H groups in total. The first kappa shape index (κ1) is 11.5. The summed E-state index contributed by atoms with van der Waals surface area (Å²) in [6.45, 7) is 0. The van der Waals surface area contributed by atoms with Gasteiger partial charge in [0.1, 0.15) is 0 Å². The smallest absolute Gasteiger partial charge is 0.255 e. The number of hydrogen-bond acceptors (Lipinski definition) is 1. The van der Waals surface area contributed by atoms with Gasteiger partial charge in [0, 0.05) is 17.1 Å². The molecule has 0 spiro atoms. The molecule has 4 rings (SSSR count). The lowest BCUT2D eigenvalue weighted by Gasteiger charge is -2.13. The quantitative estimate of drug-likeness (QED) is 0.686. The van der Waals surface area contributed by atoms with Crippen molar-refractivity contribution >= 4 is 10.9 Å². The van der Waals surface area contributed by atoms with Gasteiger partial charge in [-0.2, -0.15) is 0 Å². The van der Waals surface area contributed by atoms with Crippen LogP contribution < -0.4 is 5.56 Å². The van der Waals surface area contributed by atoms with Crippen LogP contribution in [0, 0.1) is 0 Å². The van der Waals surface area contributed by atoms with Gasteiger partial charge in [0.15, 0.2) is 0 Å². The molecule has 1 aromatic heterocycles. The van der Waals surface area contributed by atoms with Crippen molar-refractivity contribution in [2.75, 3.05) is 0 Å². The summed E-state index contributed by atoms with van der Waals surface area (Å²) in [5.41, 5.74) is 3.22. The highest BCUT2D eigenvalue weighted by Gasteiger charge is 2.26. The maximum Gasteiger partial charge on any atom is 0.255 e. The molecule has 20 heavy (non-hydrogen) atoms. The van der Waals surface area contributed by atoms with Crippen LogP contribution in [0.15, 0.2) is 65.5 Å². The third-order valence-electron chi connectivity index (χ3n) is 3.99. The minimum Gasteiger partial charge on any atom is -0.277 e. The molecule has 1 aliphatic rings. The lowest BCUT2D eigenvalue weighted by molar-refractivity contribution is 1.02. The van der Waals surface area contributed by atoms with E-state index in [-0.39, 0.29) is 5.56 Å². The van der Waals surface area contributed by atoms with Crippen LogP contribution in [0.25, 0.3) is 16.6 Å². The first-order chi connectivity index (χ1) is 9.84. The molecule has 2 aromatic carbocycles. The number of para-hydroxylation sites is 2. The highest BCUT2D eigenvalue weighted by Crippen LogP contribution is 2.42. The van der Waals surface area contributed by atoms with E-state index < -0.39 is 0 Å². The van der Waals surface area contributed by atoms with Crippen molar-refractivity contribution in [2.45, 2.75) is 18.8 Å². The minimum atomic E-state index is 0.0665. The second-order valence-corrected chi connectivity index (χ2v) is 5.40. The highest BCUT2D eigenvalue weighted by molar-refractivity contribution is 5.84. The summed E-state index contributed by atoms with van der Waals surface area (Å²) in [7, 11) is 0. The van der Waals surface area contributed by atoms with Crippen molar-refractivity contribution < 1.29 is 0 Å². The summed E-state index contributed by atoms with van der Waals surface area (Å²) >= 11 is 0. The Kier molecular flexibility index (Phi) is 2.49. The van der Waals surface area contributed by atoms with E-state index in [1.165, 1.54) is 23.8 Å². The summed E-state index contributed by atoms with van der Waals surface area (Å²) in [6, 6.07) is 19.9. The summed E-state index contributed by atoms with van der Waals surface area (Å²) in [5.74, 6) is 0.582. The van der Waals surface area contributed by atoms with Crippen LogP contribution in [0.3, 0.4) is 0 Å². The zero-order chi connectivity index (χ0) is 13.5. The van der Waals surface area contributed by atoms with Crippen LogP contribution in [0.1, 0.15) is 24.3 Å². The maximum atomic E-state index is 12.5. The van der Waals surface area contributed by atoms with Crippen molar-refractivity contribution in [1.29, 1.82) is 0 Å². The van der Waals surface area contributed by atoms with Crippen molar-refractivity contribution in [3.63, 3.8) is 0 Å². The molecule has 0 unspecified atom stereocenters. The van der Waals surface area contributed by atoms with E-state index in [0.29, 0.717) is 5.92 Å². The average molecular weight is 261 g/mol. The monoisotopic (exact) mass is 261 g/mol. The number of fused-ring (bicyclic) bond motifs is 1. The van der Waals surface area contributed by atoms with Crippen LogP contribution in [0.5, 0.6) is 0 Å². The number of hydrogen-bond donors (Lipinski definition) is 0. The van der Waals surface area contributed by atoms with Gasteiger partial charge >= 0.3 is 0 Å². The van der Waals surface area contributed by atoms with E-state index in [4.69, 9.17) is 0 Å². The molecular weight excluding hydrogens is 246 g/mol. The molecule has 0 saturated heterocycles. The summed E-state index contributed by atoms with van der Waals surface area (Å²) in [5, 5.41) is 1.21. The normalized spacial score (nSPS) is 14.6. The third-order valence-corrected chi connectivity index (χ3v) is 3.99. The van der Waals surface area contributed by atoms with Crippen LogP contribution in [-0.2, 0) is 0 Å². The number of pyridine rings is 1. The Labute approximate surface area is 117 Å². The lowest BCUT2D eigenvalue weighted by atomic mass is 10.0. The van der Waals surface area contributed by atoms with Gasteiger partial charge in [-0.1, -0.05) is 36.4 Å². The highest BCUT2D eigenvalue weighted by atomic mass is 16.1.